The Hall–Kier alpha value is -1.00. The molecule has 0 spiro atoms. The van der Waals surface area contributed by atoms with E-state index in [0.29, 0.717) is 19.6 Å². The van der Waals surface area contributed by atoms with E-state index in [1.165, 1.54) is 6.07 Å². The van der Waals surface area contributed by atoms with Crippen LogP contribution in [0.2, 0.25) is 0 Å². The number of hydrogen-bond acceptors (Lipinski definition) is 2. The van der Waals surface area contributed by atoms with Crippen molar-refractivity contribution in [2.24, 2.45) is 11.8 Å². The molecule has 1 saturated heterocycles. The van der Waals surface area contributed by atoms with Gasteiger partial charge in [0.2, 0.25) is 0 Å². The Morgan fingerprint density at radius 3 is 2.85 bits per heavy atom. The molecule has 1 saturated carbocycles. The Morgan fingerprint density at radius 1 is 1.20 bits per heavy atom. The Balaban J connectivity index is 1.79. The average Bonchev–Trinajstić information content (AvgIpc) is 2.43. The second-order valence-electron chi connectivity index (χ2n) is 6.12. The van der Waals surface area contributed by atoms with E-state index in [0.717, 1.165) is 37.3 Å². The lowest BCUT2D eigenvalue weighted by Gasteiger charge is -2.48. The third kappa shape index (κ3) is 2.47. The SMILES string of the molecule is O[C@]12CCCC[C@@H]1COC[C@H]2Cc1ccc(F)c(F)c1. The van der Waals surface area contributed by atoms with Gasteiger partial charge < -0.3 is 9.84 Å². The Kier molecular flexibility index (Phi) is 3.78. The Morgan fingerprint density at radius 2 is 2.05 bits per heavy atom. The average molecular weight is 282 g/mol. The van der Waals surface area contributed by atoms with E-state index in [-0.39, 0.29) is 11.8 Å². The summed E-state index contributed by atoms with van der Waals surface area (Å²) in [5.74, 6) is -1.51. The molecule has 1 aromatic rings. The molecular weight excluding hydrogens is 262 g/mol. The molecule has 0 aromatic heterocycles. The maximum atomic E-state index is 13.3. The van der Waals surface area contributed by atoms with Crippen LogP contribution in [0.4, 0.5) is 8.78 Å². The Bertz CT molecular complexity index is 489. The third-order valence-corrected chi connectivity index (χ3v) is 4.90. The summed E-state index contributed by atoms with van der Waals surface area (Å²) < 4.78 is 31.9. The largest absolute Gasteiger partial charge is 0.389 e. The normalized spacial score (nSPS) is 33.8. The van der Waals surface area contributed by atoms with Crippen molar-refractivity contribution in [3.63, 3.8) is 0 Å². The summed E-state index contributed by atoms with van der Waals surface area (Å²) in [5, 5.41) is 11.0. The first-order valence-electron chi connectivity index (χ1n) is 7.33. The lowest BCUT2D eigenvalue weighted by atomic mass is 9.66. The highest BCUT2D eigenvalue weighted by atomic mass is 19.2. The molecule has 0 bridgehead atoms. The molecule has 2 aliphatic rings. The van der Waals surface area contributed by atoms with Crippen LogP contribution in [0.1, 0.15) is 31.2 Å². The topological polar surface area (TPSA) is 29.5 Å². The van der Waals surface area contributed by atoms with Gasteiger partial charge in [-0.2, -0.15) is 0 Å². The molecule has 2 fully saturated rings. The van der Waals surface area contributed by atoms with Crippen molar-refractivity contribution in [1.82, 2.24) is 0 Å². The summed E-state index contributed by atoms with van der Waals surface area (Å²) in [6.07, 6.45) is 4.47. The van der Waals surface area contributed by atoms with Crippen molar-refractivity contribution in [2.75, 3.05) is 13.2 Å². The van der Waals surface area contributed by atoms with Crippen LogP contribution in [-0.4, -0.2) is 23.9 Å². The number of aliphatic hydroxyl groups is 1. The molecular formula is C16H20F2O2. The van der Waals surface area contributed by atoms with Crippen LogP contribution < -0.4 is 0 Å². The molecule has 2 nitrogen and oxygen atoms in total. The van der Waals surface area contributed by atoms with Crippen LogP contribution in [-0.2, 0) is 11.2 Å². The summed E-state index contributed by atoms with van der Waals surface area (Å²) in [7, 11) is 0. The predicted molar refractivity (Wildman–Crippen MR) is 71.3 cm³/mol. The van der Waals surface area contributed by atoms with E-state index in [1.54, 1.807) is 6.07 Å². The summed E-state index contributed by atoms with van der Waals surface area (Å²) >= 11 is 0. The van der Waals surface area contributed by atoms with Gasteiger partial charge in [-0.25, -0.2) is 8.78 Å². The fourth-order valence-corrected chi connectivity index (χ4v) is 3.70. The summed E-state index contributed by atoms with van der Waals surface area (Å²) in [6, 6.07) is 3.97. The monoisotopic (exact) mass is 282 g/mol. The maximum Gasteiger partial charge on any atom is 0.159 e. The van der Waals surface area contributed by atoms with Crippen LogP contribution in [0.3, 0.4) is 0 Å². The molecule has 0 amide bonds. The van der Waals surface area contributed by atoms with Gasteiger partial charge in [-0.1, -0.05) is 18.9 Å². The summed E-state index contributed by atoms with van der Waals surface area (Å²) in [6.45, 7) is 1.11. The molecule has 3 rings (SSSR count). The number of rotatable bonds is 2. The fraction of sp³-hybridized carbons (Fsp3) is 0.625. The zero-order valence-electron chi connectivity index (χ0n) is 11.4. The van der Waals surface area contributed by atoms with Gasteiger partial charge in [0.15, 0.2) is 11.6 Å². The first-order chi connectivity index (χ1) is 9.59. The molecule has 4 heteroatoms. The zero-order valence-corrected chi connectivity index (χ0v) is 11.4. The molecule has 1 aliphatic carbocycles. The van der Waals surface area contributed by atoms with Crippen molar-refractivity contribution >= 4 is 0 Å². The molecule has 1 aromatic carbocycles. The smallest absolute Gasteiger partial charge is 0.159 e. The van der Waals surface area contributed by atoms with E-state index in [9.17, 15) is 13.9 Å². The van der Waals surface area contributed by atoms with E-state index in [1.807, 2.05) is 0 Å². The van der Waals surface area contributed by atoms with Crippen LogP contribution in [0.25, 0.3) is 0 Å². The van der Waals surface area contributed by atoms with Crippen molar-refractivity contribution in [3.8, 4) is 0 Å². The standard InChI is InChI=1S/C16H20F2O2/c17-14-5-4-11(8-15(14)18)7-13-10-20-9-12-3-1-2-6-16(12,13)19/h4-5,8,12-13,19H,1-3,6-7,9-10H2/t12-,13-,16-/m1/s1. The highest BCUT2D eigenvalue weighted by Crippen LogP contribution is 2.43. The minimum atomic E-state index is -0.831. The molecule has 0 unspecified atom stereocenters. The molecule has 0 radical (unpaired) electrons. The Labute approximate surface area is 117 Å². The maximum absolute atomic E-state index is 13.3. The van der Waals surface area contributed by atoms with Crippen LogP contribution in [0.5, 0.6) is 0 Å². The van der Waals surface area contributed by atoms with Gasteiger partial charge in [0.1, 0.15) is 0 Å². The van der Waals surface area contributed by atoms with Crippen LogP contribution in [0, 0.1) is 23.5 Å². The molecule has 3 atom stereocenters. The summed E-state index contributed by atoms with van der Waals surface area (Å²) in [5.41, 5.74) is 0.0126. The number of benzene rings is 1. The van der Waals surface area contributed by atoms with Gasteiger partial charge in [-0.05, 0) is 37.0 Å². The van der Waals surface area contributed by atoms with Crippen molar-refractivity contribution < 1.29 is 18.6 Å². The molecule has 1 N–H and O–H groups in total. The van der Waals surface area contributed by atoms with Crippen molar-refractivity contribution in [1.29, 1.82) is 0 Å². The number of halogens is 2. The van der Waals surface area contributed by atoms with E-state index in [2.05, 4.69) is 0 Å². The highest BCUT2D eigenvalue weighted by Gasteiger charge is 2.47. The van der Waals surface area contributed by atoms with Crippen LogP contribution >= 0.6 is 0 Å². The lowest BCUT2D eigenvalue weighted by Crippen LogP contribution is -2.54. The molecule has 20 heavy (non-hydrogen) atoms. The number of hydrogen-bond donors (Lipinski definition) is 1. The van der Waals surface area contributed by atoms with E-state index >= 15 is 0 Å². The van der Waals surface area contributed by atoms with Crippen molar-refractivity contribution in [3.05, 3.63) is 35.4 Å². The quantitative estimate of drug-likeness (QED) is 0.903. The minimum Gasteiger partial charge on any atom is -0.389 e. The minimum absolute atomic E-state index is 0.0357. The second-order valence-corrected chi connectivity index (χ2v) is 6.12. The van der Waals surface area contributed by atoms with E-state index < -0.39 is 17.2 Å². The van der Waals surface area contributed by atoms with Crippen LogP contribution in [0.15, 0.2) is 18.2 Å². The lowest BCUT2D eigenvalue weighted by molar-refractivity contribution is -0.172. The highest BCUT2D eigenvalue weighted by molar-refractivity contribution is 5.19. The van der Waals surface area contributed by atoms with Gasteiger partial charge in [0, 0.05) is 11.8 Å². The fourth-order valence-electron chi connectivity index (χ4n) is 3.70. The van der Waals surface area contributed by atoms with Gasteiger partial charge in [0.25, 0.3) is 0 Å². The third-order valence-electron chi connectivity index (χ3n) is 4.90. The number of fused-ring (bicyclic) bond motifs is 1. The molecule has 110 valence electrons. The summed E-state index contributed by atoms with van der Waals surface area (Å²) in [4.78, 5) is 0. The zero-order chi connectivity index (χ0) is 14.2. The van der Waals surface area contributed by atoms with E-state index in [4.69, 9.17) is 4.74 Å². The number of ether oxygens (including phenoxy) is 1. The van der Waals surface area contributed by atoms with Gasteiger partial charge >= 0.3 is 0 Å². The first kappa shape index (κ1) is 14.0. The predicted octanol–water partition coefficient (Wildman–Crippen LogP) is 3.08. The van der Waals surface area contributed by atoms with Gasteiger partial charge in [0.05, 0.1) is 18.8 Å². The molecule has 1 heterocycles. The first-order valence-corrected chi connectivity index (χ1v) is 7.33. The molecule has 1 aliphatic heterocycles. The second kappa shape index (κ2) is 5.41. The van der Waals surface area contributed by atoms with Gasteiger partial charge in [-0.3, -0.25) is 0 Å². The van der Waals surface area contributed by atoms with Gasteiger partial charge in [-0.15, -0.1) is 0 Å². The van der Waals surface area contributed by atoms with Crippen molar-refractivity contribution in [2.45, 2.75) is 37.7 Å².